The fourth-order valence-corrected chi connectivity index (χ4v) is 5.88. The molecule has 1 aromatic carbocycles. The molecule has 2 heterocycles. The normalized spacial score (nSPS) is 40.2. The van der Waals surface area contributed by atoms with Gasteiger partial charge in [0.1, 0.15) is 6.10 Å². The number of nitrogens with zero attached hydrogens (tertiary/aromatic N) is 1. The highest BCUT2D eigenvalue weighted by Crippen LogP contribution is 2.66. The molecule has 5 rings (SSSR count). The van der Waals surface area contributed by atoms with Crippen molar-refractivity contribution in [2.24, 2.45) is 5.92 Å². The van der Waals surface area contributed by atoms with Crippen molar-refractivity contribution in [3.63, 3.8) is 0 Å². The molecule has 1 fully saturated rings. The monoisotopic (exact) mass is 337 g/mol. The van der Waals surface area contributed by atoms with E-state index in [0.717, 1.165) is 25.1 Å². The highest BCUT2D eigenvalue weighted by atomic mass is 16.5. The second-order valence-electron chi connectivity index (χ2n) is 7.64. The minimum absolute atomic E-state index is 0.288. The fourth-order valence-electron chi connectivity index (χ4n) is 5.88. The van der Waals surface area contributed by atoms with Crippen LogP contribution in [0.15, 0.2) is 49.8 Å². The van der Waals surface area contributed by atoms with E-state index >= 15 is 0 Å². The topological polar surface area (TPSA) is 41.9 Å². The lowest BCUT2D eigenvalue weighted by Crippen LogP contribution is -2.70. The third-order valence-corrected chi connectivity index (χ3v) is 6.91. The molecular formula is C21H23NO3. The Labute approximate surface area is 148 Å². The van der Waals surface area contributed by atoms with Crippen molar-refractivity contribution >= 4 is 0 Å². The first-order chi connectivity index (χ1) is 12.1. The van der Waals surface area contributed by atoms with Gasteiger partial charge < -0.3 is 19.5 Å². The molecule has 1 aromatic rings. The molecule has 130 valence electrons. The van der Waals surface area contributed by atoms with Crippen molar-refractivity contribution in [3.8, 4) is 11.5 Å². The van der Waals surface area contributed by atoms with E-state index in [1.807, 2.05) is 18.2 Å². The second kappa shape index (κ2) is 4.77. The van der Waals surface area contributed by atoms with Crippen LogP contribution in [0.2, 0.25) is 0 Å². The van der Waals surface area contributed by atoms with E-state index in [-0.39, 0.29) is 5.41 Å². The summed E-state index contributed by atoms with van der Waals surface area (Å²) in [5.41, 5.74) is 1.38. The highest BCUT2D eigenvalue weighted by Gasteiger charge is 2.71. The summed E-state index contributed by atoms with van der Waals surface area (Å²) < 4.78 is 12.2. The number of ether oxygens (including phenoxy) is 2. The Bertz CT molecular complexity index is 816. The van der Waals surface area contributed by atoms with E-state index in [1.54, 1.807) is 0 Å². The van der Waals surface area contributed by atoms with Crippen molar-refractivity contribution in [3.05, 3.63) is 60.9 Å². The van der Waals surface area contributed by atoms with Crippen LogP contribution in [0.3, 0.4) is 0 Å². The third-order valence-electron chi connectivity index (χ3n) is 6.91. The predicted octanol–water partition coefficient (Wildman–Crippen LogP) is 2.57. The molecule has 2 bridgehead atoms. The van der Waals surface area contributed by atoms with Gasteiger partial charge >= 0.3 is 0 Å². The first-order valence-electron chi connectivity index (χ1n) is 8.92. The van der Waals surface area contributed by atoms with Crippen molar-refractivity contribution in [1.29, 1.82) is 0 Å². The Balaban J connectivity index is 1.86. The molecule has 0 unspecified atom stereocenters. The number of rotatable bonds is 3. The fraction of sp³-hybridized carbons (Fsp3) is 0.429. The molecule has 1 spiro atoms. The standard InChI is InChI=1S/C21H23NO3/c1-4-21-17(23)9-7-14-15-12-13-6-8-16(24-5-2)19(25-21)18(13)20(14,21)10-11-22(15)3/h4-9,14-15,17,23H,1-2,10-12H2,3H3/t14-,15+,17-,20-,21-/m0/s1. The average molecular weight is 337 g/mol. The van der Waals surface area contributed by atoms with Crippen molar-refractivity contribution in [2.75, 3.05) is 13.6 Å². The molecule has 2 aliphatic carbocycles. The van der Waals surface area contributed by atoms with Crippen LogP contribution in [0, 0.1) is 5.92 Å². The molecule has 0 amide bonds. The Morgan fingerprint density at radius 2 is 2.20 bits per heavy atom. The molecule has 5 atom stereocenters. The number of aliphatic hydroxyl groups excluding tert-OH is 1. The van der Waals surface area contributed by atoms with Crippen LogP contribution in [0.4, 0.5) is 0 Å². The number of likely N-dealkylation sites (tertiary alicyclic amines) is 1. The van der Waals surface area contributed by atoms with Gasteiger partial charge in [-0.05, 0) is 44.1 Å². The van der Waals surface area contributed by atoms with E-state index < -0.39 is 11.7 Å². The lowest BCUT2D eigenvalue weighted by Gasteiger charge is -2.60. The first-order valence-corrected chi connectivity index (χ1v) is 8.92. The van der Waals surface area contributed by atoms with Gasteiger partial charge in [0.25, 0.3) is 0 Å². The van der Waals surface area contributed by atoms with Gasteiger partial charge in [0.2, 0.25) is 0 Å². The molecule has 4 aliphatic rings. The largest absolute Gasteiger partial charge is 0.475 e. The SMILES string of the molecule is C=COc1ccc2c3c1O[C@@]1(C=C)[C@@H](O)C=C[C@H]4[C@@H](C2)N(C)CC[C@@]341. The first kappa shape index (κ1) is 15.2. The Kier molecular flexibility index (Phi) is 2.91. The molecular weight excluding hydrogens is 314 g/mol. The van der Waals surface area contributed by atoms with Crippen LogP contribution in [-0.4, -0.2) is 41.3 Å². The van der Waals surface area contributed by atoms with Crippen molar-refractivity contribution in [2.45, 2.75) is 36.0 Å². The van der Waals surface area contributed by atoms with Crippen LogP contribution in [0.5, 0.6) is 11.5 Å². The maximum absolute atomic E-state index is 11.0. The molecule has 25 heavy (non-hydrogen) atoms. The van der Waals surface area contributed by atoms with Gasteiger partial charge in [0.15, 0.2) is 17.1 Å². The molecule has 4 nitrogen and oxygen atoms in total. The maximum Gasteiger partial charge on any atom is 0.168 e. The zero-order chi connectivity index (χ0) is 17.4. The summed E-state index contributed by atoms with van der Waals surface area (Å²) in [6, 6.07) is 4.51. The smallest absolute Gasteiger partial charge is 0.168 e. The van der Waals surface area contributed by atoms with E-state index in [0.29, 0.717) is 17.7 Å². The van der Waals surface area contributed by atoms with Gasteiger partial charge in [-0.1, -0.05) is 31.4 Å². The van der Waals surface area contributed by atoms with Crippen LogP contribution >= 0.6 is 0 Å². The average Bonchev–Trinajstić information content (AvgIpc) is 2.93. The Morgan fingerprint density at radius 1 is 1.36 bits per heavy atom. The highest BCUT2D eigenvalue weighted by molar-refractivity contribution is 5.65. The summed E-state index contributed by atoms with van der Waals surface area (Å²) in [7, 11) is 2.20. The van der Waals surface area contributed by atoms with E-state index in [4.69, 9.17) is 9.47 Å². The Morgan fingerprint density at radius 3 is 2.96 bits per heavy atom. The van der Waals surface area contributed by atoms with Gasteiger partial charge in [-0.3, -0.25) is 0 Å². The summed E-state index contributed by atoms with van der Waals surface area (Å²) in [5, 5.41) is 11.0. The van der Waals surface area contributed by atoms with E-state index in [9.17, 15) is 5.11 Å². The second-order valence-corrected chi connectivity index (χ2v) is 7.64. The van der Waals surface area contributed by atoms with Crippen molar-refractivity contribution in [1.82, 2.24) is 4.90 Å². The van der Waals surface area contributed by atoms with Crippen LogP contribution in [0.25, 0.3) is 0 Å². The number of aliphatic hydroxyl groups is 1. The summed E-state index contributed by atoms with van der Waals surface area (Å²) in [6.45, 7) is 8.74. The number of hydrogen-bond acceptors (Lipinski definition) is 4. The minimum atomic E-state index is -0.843. The van der Waals surface area contributed by atoms with Gasteiger partial charge in [-0.2, -0.15) is 0 Å². The molecule has 0 saturated carbocycles. The number of hydrogen-bond donors (Lipinski definition) is 1. The zero-order valence-corrected chi connectivity index (χ0v) is 14.4. The lowest BCUT2D eigenvalue weighted by atomic mass is 9.48. The molecule has 4 heteroatoms. The van der Waals surface area contributed by atoms with Gasteiger partial charge in [0.05, 0.1) is 11.7 Å². The van der Waals surface area contributed by atoms with Gasteiger partial charge in [0, 0.05) is 17.5 Å². The molecule has 1 N–H and O–H groups in total. The molecule has 2 aliphatic heterocycles. The number of benzene rings is 1. The zero-order valence-electron chi connectivity index (χ0n) is 14.4. The van der Waals surface area contributed by atoms with E-state index in [1.165, 1.54) is 17.4 Å². The van der Waals surface area contributed by atoms with Crippen molar-refractivity contribution < 1.29 is 14.6 Å². The molecule has 1 saturated heterocycles. The van der Waals surface area contributed by atoms with Gasteiger partial charge in [-0.15, -0.1) is 0 Å². The maximum atomic E-state index is 11.0. The third kappa shape index (κ3) is 1.52. The number of piperidine rings is 1. The Hall–Kier alpha value is -2.04. The predicted molar refractivity (Wildman–Crippen MR) is 95.9 cm³/mol. The van der Waals surface area contributed by atoms with Gasteiger partial charge in [-0.25, -0.2) is 0 Å². The molecule has 0 radical (unpaired) electrons. The summed E-state index contributed by atoms with van der Waals surface area (Å²) in [6.07, 6.45) is 8.53. The van der Waals surface area contributed by atoms with Crippen LogP contribution in [-0.2, 0) is 11.8 Å². The van der Waals surface area contributed by atoms with Crippen LogP contribution in [0.1, 0.15) is 17.5 Å². The lowest BCUT2D eigenvalue weighted by molar-refractivity contribution is -0.0919. The quantitative estimate of drug-likeness (QED) is 0.680. The van der Waals surface area contributed by atoms with Crippen LogP contribution < -0.4 is 9.47 Å². The summed E-state index contributed by atoms with van der Waals surface area (Å²) in [4.78, 5) is 2.45. The number of likely N-dealkylation sites (N-methyl/N-ethyl adjacent to an activating group) is 1. The summed E-state index contributed by atoms with van der Waals surface area (Å²) >= 11 is 0. The summed E-state index contributed by atoms with van der Waals surface area (Å²) in [5.74, 6) is 1.72. The minimum Gasteiger partial charge on any atom is -0.475 e. The van der Waals surface area contributed by atoms with E-state index in [2.05, 4.69) is 37.2 Å². The molecule has 0 aromatic heterocycles.